The first kappa shape index (κ1) is 97.5. The van der Waals surface area contributed by atoms with E-state index in [0.717, 1.165) is 66.2 Å². The van der Waals surface area contributed by atoms with E-state index >= 15 is 0 Å². The Balaban J connectivity index is 0.000000106. The summed E-state index contributed by atoms with van der Waals surface area (Å²) in [6.07, 6.45) is 0. The minimum atomic E-state index is 1.02. The van der Waals surface area contributed by atoms with Crippen LogP contribution in [0.15, 0.2) is 146 Å². The first-order chi connectivity index (χ1) is 66.3. The second-order valence-corrected chi connectivity index (χ2v) is 53.2. The summed E-state index contributed by atoms with van der Waals surface area (Å²) in [6.45, 7) is 52.2. The Labute approximate surface area is 877 Å². The van der Waals surface area contributed by atoms with Crippen LogP contribution in [0, 0.1) is 166 Å². The molecule has 0 aliphatic carbocycles. The van der Waals surface area contributed by atoms with E-state index in [1.54, 1.807) is 22.7 Å². The van der Waals surface area contributed by atoms with E-state index in [2.05, 4.69) is 364 Å². The zero-order chi connectivity index (χ0) is 96.8. The van der Waals surface area contributed by atoms with Gasteiger partial charge in [0.2, 0.25) is 0 Å². The van der Waals surface area contributed by atoms with Crippen molar-refractivity contribution in [2.24, 2.45) is 0 Å². The minimum absolute atomic E-state index is 1.02. The Bertz CT molecular complexity index is 8020. The Morgan fingerprint density at radius 1 is 0.145 bits per heavy atom. The number of aromatic nitrogens is 12. The number of hydrogen-bond donors (Lipinski definition) is 0. The van der Waals surface area contributed by atoms with Crippen LogP contribution in [0.1, 0.15) is 125 Å². The van der Waals surface area contributed by atoms with Gasteiger partial charge in [0.25, 0.3) is 0 Å². The lowest BCUT2D eigenvalue weighted by molar-refractivity contribution is 1.35. The van der Waals surface area contributed by atoms with Gasteiger partial charge < -0.3 is 0 Å². The van der Waals surface area contributed by atoms with E-state index in [0.29, 0.717) is 0 Å². The summed E-state index contributed by atoms with van der Waals surface area (Å²) in [5.41, 5.74) is 43.0. The molecular formula is C108H96N12S18. The molecular weight excluding hydrogens is 2040 g/mol. The molecule has 0 bridgehead atoms. The molecule has 12 nitrogen and oxygen atoms in total. The Morgan fingerprint density at radius 3 is 0.565 bits per heavy atom. The van der Waals surface area contributed by atoms with Gasteiger partial charge in [0.1, 0.15) is 66.2 Å². The molecule has 24 aromatic rings. The largest absolute Gasteiger partial charge is 0.172 e. The standard InChI is InChI=1S/C20H20N2S3.4C18H16N2S3.C16H12N2S3/c1-9-11(3)19(23-13(9)5)15-7-8-16(18-17(15)21-25-22-18)20-12(4)10(2)14(6)24-20;1-9-5-7-13(21-9)15-11(3)12(4)16(14-8-6-10(2)22-14)18-17(15)19-23-20-18;1-9-7-15(21-11(9)3)13-5-6-14(18-17(13)19-23-20-18)16-8-10(2)12(4)22-16;2*1-9-7-11(3)21-17(9)13-5-6-14(16-15(13)19-23-20-16)18-10(2)8-12(4)22-18;1-9-3-7-13(19-9)11-5-6-12(14-8-4-10(2)20-14)16-15(11)17-21-18-16/h7-8H,1-6H3;4*5-8H,1-4H3;3-8H,1-2H3. The van der Waals surface area contributed by atoms with Gasteiger partial charge in [-0.05, 0) is 318 Å². The molecule has 0 aliphatic heterocycles. The van der Waals surface area contributed by atoms with E-state index in [4.69, 9.17) is 0 Å². The summed E-state index contributed by atoms with van der Waals surface area (Å²) in [5, 5.41) is 0. The second-order valence-electron chi connectivity index (χ2n) is 34.9. The summed E-state index contributed by atoms with van der Waals surface area (Å²) < 4.78 is 55.3. The van der Waals surface area contributed by atoms with Gasteiger partial charge in [-0.15, -0.1) is 136 Å². The third kappa shape index (κ3) is 19.1. The van der Waals surface area contributed by atoms with Gasteiger partial charge in [0.05, 0.1) is 70.4 Å². The Morgan fingerprint density at radius 2 is 0.362 bits per heavy atom. The highest BCUT2D eigenvalue weighted by Crippen LogP contribution is 2.51. The van der Waals surface area contributed by atoms with Crippen LogP contribution in [0.3, 0.4) is 0 Å². The van der Waals surface area contributed by atoms with Crippen LogP contribution in [0.4, 0.5) is 0 Å². The number of rotatable bonds is 12. The zero-order valence-electron chi connectivity index (χ0n) is 80.6. The van der Waals surface area contributed by atoms with E-state index in [1.165, 1.54) is 321 Å². The third-order valence-electron chi connectivity index (χ3n) is 25.2. The average molecular weight is 2140 g/mol. The topological polar surface area (TPSA) is 155 Å². The third-order valence-corrected chi connectivity index (χ3v) is 42.3. The summed E-state index contributed by atoms with van der Waals surface area (Å²) in [4.78, 5) is 31.7. The molecule has 0 radical (unpaired) electrons. The molecule has 6 aromatic carbocycles. The van der Waals surface area contributed by atoms with Crippen molar-refractivity contribution in [3.63, 3.8) is 0 Å². The SMILES string of the molecule is Cc1cc(-c2ccc(-c3cc(C)c(C)s3)c3nsnc23)sc1C.Cc1cc(C)c(-c2ccc(-c3sc(C)cc3C)c3nsnc23)s1.Cc1cc(C)c(-c2ccc(-c3sc(C)cc3C)c3nsnc23)s1.Cc1ccc(-c2c(C)c(C)c(-c3ccc(C)s3)c3nsnc23)s1.Cc1ccc(-c2ccc(-c3ccc(C)s3)c3nsnc23)s1.Cc1sc(-c2ccc(-c3sc(C)c(C)c3C)c3nsnc23)c(C)c1C. The van der Waals surface area contributed by atoms with Gasteiger partial charge in [-0.3, -0.25) is 0 Å². The predicted molar refractivity (Wildman–Crippen MR) is 618 cm³/mol. The maximum absolute atomic E-state index is 4.66. The molecule has 0 amide bonds. The second kappa shape index (κ2) is 40.6. The fourth-order valence-electron chi connectivity index (χ4n) is 17.4. The summed E-state index contributed by atoms with van der Waals surface area (Å²) in [5.74, 6) is 0. The van der Waals surface area contributed by atoms with Crippen LogP contribution >= 0.6 is 206 Å². The van der Waals surface area contributed by atoms with Gasteiger partial charge in [-0.25, -0.2) is 0 Å². The number of fused-ring (bicyclic) bond motifs is 6. The predicted octanol–water partition coefficient (Wildman–Crippen LogP) is 38.3. The normalized spacial score (nSPS) is 11.5. The van der Waals surface area contributed by atoms with Crippen molar-refractivity contribution in [2.75, 3.05) is 0 Å². The lowest BCUT2D eigenvalue weighted by atomic mass is 9.94. The first-order valence-corrected chi connectivity index (χ1v) is 58.9. The molecule has 0 unspecified atom stereocenters. The summed E-state index contributed by atoms with van der Waals surface area (Å²) in [7, 11) is 0. The highest BCUT2D eigenvalue weighted by molar-refractivity contribution is 7.20. The average Bonchev–Trinajstić information content (AvgIpc) is 1.57. The molecule has 30 heteroatoms. The van der Waals surface area contributed by atoms with Gasteiger partial charge in [-0.1, -0.05) is 60.7 Å². The van der Waals surface area contributed by atoms with E-state index in [-0.39, 0.29) is 0 Å². The van der Waals surface area contributed by atoms with Crippen molar-refractivity contribution in [2.45, 2.75) is 166 Å². The molecule has 18 heterocycles. The van der Waals surface area contributed by atoms with Gasteiger partial charge in [0, 0.05) is 184 Å². The number of hydrogen-bond acceptors (Lipinski definition) is 30. The zero-order valence-corrected chi connectivity index (χ0v) is 95.3. The molecule has 18 aromatic heterocycles. The highest BCUT2D eigenvalue weighted by Gasteiger charge is 2.28. The van der Waals surface area contributed by atoms with Crippen molar-refractivity contribution in [3.8, 4) is 125 Å². The summed E-state index contributed by atoms with van der Waals surface area (Å²) in [6, 6.07) is 53.0. The maximum atomic E-state index is 4.66. The van der Waals surface area contributed by atoms with Crippen molar-refractivity contribution in [1.29, 1.82) is 0 Å². The van der Waals surface area contributed by atoms with Crippen LogP contribution in [0.25, 0.3) is 191 Å². The van der Waals surface area contributed by atoms with Gasteiger partial charge in [-0.2, -0.15) is 52.5 Å². The molecule has 24 rings (SSSR count). The smallest absolute Gasteiger partial charge is 0.114 e. The molecule has 0 fully saturated rings. The van der Waals surface area contributed by atoms with Crippen LogP contribution in [0.5, 0.6) is 0 Å². The van der Waals surface area contributed by atoms with Crippen molar-refractivity contribution >= 4 is 273 Å². The molecule has 138 heavy (non-hydrogen) atoms. The number of aryl methyl sites for hydroxylation is 18. The Hall–Kier alpha value is -9.36. The van der Waals surface area contributed by atoms with E-state index in [9.17, 15) is 0 Å². The first-order valence-electron chi connectivity index (χ1n) is 44.7. The lowest BCUT2D eigenvalue weighted by Gasteiger charge is -2.13. The fourth-order valence-corrected chi connectivity index (χ4v) is 33.3. The van der Waals surface area contributed by atoms with E-state index < -0.39 is 0 Å². The van der Waals surface area contributed by atoms with E-state index in [1.807, 2.05) is 113 Å². The van der Waals surface area contributed by atoms with Crippen molar-refractivity contribution in [1.82, 2.24) is 52.5 Å². The minimum Gasteiger partial charge on any atom is -0.172 e. The number of nitrogens with zero attached hydrogens (tertiary/aromatic N) is 12. The van der Waals surface area contributed by atoms with Crippen LogP contribution in [0.2, 0.25) is 0 Å². The quantitative estimate of drug-likeness (QED) is 0.114. The molecule has 0 aliphatic rings. The molecule has 696 valence electrons. The van der Waals surface area contributed by atoms with Crippen molar-refractivity contribution in [3.05, 3.63) is 271 Å². The van der Waals surface area contributed by atoms with Gasteiger partial charge >= 0.3 is 0 Å². The molecule has 0 saturated heterocycles. The molecule has 0 spiro atoms. The number of benzene rings is 6. The Kier molecular flexibility index (Phi) is 28.6. The van der Waals surface area contributed by atoms with Crippen LogP contribution in [-0.2, 0) is 0 Å². The van der Waals surface area contributed by atoms with Crippen LogP contribution in [-0.4, -0.2) is 52.5 Å². The monoisotopic (exact) mass is 2140 g/mol. The number of thiophene rings is 12. The molecule has 0 atom stereocenters. The summed E-state index contributed by atoms with van der Waals surface area (Å²) >= 11 is 29.8. The van der Waals surface area contributed by atoms with Crippen molar-refractivity contribution < 1.29 is 0 Å². The fraction of sp³-hybridized carbons (Fsp3) is 0.222. The van der Waals surface area contributed by atoms with Gasteiger partial charge in [0.15, 0.2) is 0 Å². The maximum Gasteiger partial charge on any atom is 0.114 e. The molecule has 0 N–H and O–H groups in total. The highest BCUT2D eigenvalue weighted by atomic mass is 32.2. The van der Waals surface area contributed by atoms with Crippen LogP contribution < -0.4 is 0 Å². The lowest BCUT2D eigenvalue weighted by Crippen LogP contribution is -1.93. The molecule has 0 saturated carbocycles.